The highest BCUT2D eigenvalue weighted by Gasteiger charge is 2.48. The molecule has 2 heteroatoms. The van der Waals surface area contributed by atoms with Crippen LogP contribution in [0.2, 0.25) is 0 Å². The summed E-state index contributed by atoms with van der Waals surface area (Å²) >= 11 is 0. The molecule has 1 fully saturated rings. The van der Waals surface area contributed by atoms with Gasteiger partial charge in [0, 0.05) is 13.0 Å². The molecule has 1 saturated carbocycles. The number of hydrogen-bond donors (Lipinski definition) is 0. The second kappa shape index (κ2) is 3.75. The second-order valence-corrected chi connectivity index (χ2v) is 4.68. The van der Waals surface area contributed by atoms with Crippen molar-refractivity contribution in [3.05, 3.63) is 0 Å². The number of quaternary nitrogens is 1. The summed E-state index contributed by atoms with van der Waals surface area (Å²) in [6, 6.07) is 0.752. The third-order valence-electron chi connectivity index (χ3n) is 2.52. The lowest BCUT2D eigenvalue weighted by atomic mass is 10.4. The summed E-state index contributed by atoms with van der Waals surface area (Å²) in [6.07, 6.45) is 4.26. The van der Waals surface area contributed by atoms with Gasteiger partial charge in [-0.15, -0.1) is 0 Å². The summed E-state index contributed by atoms with van der Waals surface area (Å²) in [7, 11) is 6.73. The monoisotopic (exact) mass is 172 g/mol. The molecule has 0 saturated heterocycles. The number of unbranched alkanes of at least 4 members (excludes halogenated alkanes) is 1. The molecule has 0 aliphatic heterocycles. The third-order valence-corrected chi connectivity index (χ3v) is 2.52. The van der Waals surface area contributed by atoms with Crippen molar-refractivity contribution in [3.8, 4) is 0 Å². The molecule has 0 N–H and O–H groups in total. The Balaban J connectivity index is 2.08. The second-order valence-electron chi connectivity index (χ2n) is 4.68. The van der Waals surface area contributed by atoms with Crippen molar-refractivity contribution in [2.45, 2.75) is 38.3 Å². The van der Waals surface area contributed by atoms with Gasteiger partial charge in [-0.05, 0) is 6.42 Å². The first-order valence-electron chi connectivity index (χ1n) is 4.98. The fraction of sp³-hybridized carbons (Fsp3) is 1.00. The van der Waals surface area contributed by atoms with Gasteiger partial charge < -0.3 is 9.22 Å². The predicted molar refractivity (Wildman–Crippen MR) is 51.1 cm³/mol. The molecular formula is C10H22NO+. The van der Waals surface area contributed by atoms with Crippen molar-refractivity contribution < 1.29 is 9.22 Å². The van der Waals surface area contributed by atoms with E-state index in [1.807, 2.05) is 0 Å². The predicted octanol–water partition coefficient (Wildman–Crippen LogP) is 1.65. The molecule has 0 radical (unpaired) electrons. The molecule has 0 aromatic rings. The van der Waals surface area contributed by atoms with Gasteiger partial charge in [-0.1, -0.05) is 13.3 Å². The fourth-order valence-corrected chi connectivity index (χ4v) is 1.53. The van der Waals surface area contributed by atoms with Gasteiger partial charge in [0.05, 0.1) is 21.1 Å². The smallest absolute Gasteiger partial charge is 0.118 e. The van der Waals surface area contributed by atoms with E-state index in [0.29, 0.717) is 6.10 Å². The van der Waals surface area contributed by atoms with E-state index in [9.17, 15) is 0 Å². The van der Waals surface area contributed by atoms with E-state index < -0.39 is 0 Å². The average molecular weight is 172 g/mol. The van der Waals surface area contributed by atoms with E-state index >= 15 is 0 Å². The Morgan fingerprint density at radius 1 is 1.33 bits per heavy atom. The molecule has 0 heterocycles. The zero-order chi connectivity index (χ0) is 9.19. The topological polar surface area (TPSA) is 9.23 Å². The van der Waals surface area contributed by atoms with E-state index in [1.54, 1.807) is 0 Å². The van der Waals surface area contributed by atoms with Gasteiger partial charge in [-0.3, -0.25) is 0 Å². The normalized spacial score (nSPS) is 29.0. The van der Waals surface area contributed by atoms with Crippen LogP contribution in [0.5, 0.6) is 0 Å². The Hall–Kier alpha value is -0.0800. The minimum absolute atomic E-state index is 0.552. The fourth-order valence-electron chi connectivity index (χ4n) is 1.53. The Bertz CT molecular complexity index is 139. The first-order chi connectivity index (χ1) is 5.55. The zero-order valence-electron chi connectivity index (χ0n) is 8.84. The molecule has 0 aromatic carbocycles. The molecule has 1 aliphatic rings. The lowest BCUT2D eigenvalue weighted by Crippen LogP contribution is -2.39. The van der Waals surface area contributed by atoms with Crippen LogP contribution in [0.25, 0.3) is 0 Å². The van der Waals surface area contributed by atoms with E-state index in [4.69, 9.17) is 4.74 Å². The Morgan fingerprint density at radius 2 is 2.00 bits per heavy atom. The Labute approximate surface area is 76.1 Å². The molecule has 2 atom stereocenters. The van der Waals surface area contributed by atoms with Gasteiger partial charge in [0.1, 0.15) is 12.1 Å². The van der Waals surface area contributed by atoms with Crippen molar-refractivity contribution in [3.63, 3.8) is 0 Å². The van der Waals surface area contributed by atoms with Gasteiger partial charge >= 0.3 is 0 Å². The standard InChI is InChI=1S/C10H22NO/c1-5-6-7-12-10-8-9(10)11(2,3)4/h9-10H,5-8H2,1-4H3/q+1/t9-,10-/m0/s1. The van der Waals surface area contributed by atoms with Gasteiger partial charge in [0.15, 0.2) is 0 Å². The first-order valence-corrected chi connectivity index (χ1v) is 4.98. The average Bonchev–Trinajstić information content (AvgIpc) is 2.66. The highest BCUT2D eigenvalue weighted by molar-refractivity contribution is 4.89. The van der Waals surface area contributed by atoms with Crippen molar-refractivity contribution >= 4 is 0 Å². The highest BCUT2D eigenvalue weighted by Crippen LogP contribution is 2.33. The SMILES string of the molecule is CCCCO[C@H]1C[C@@H]1[N+](C)(C)C. The first kappa shape index (κ1) is 10.0. The molecule has 0 spiro atoms. The number of hydrogen-bond acceptors (Lipinski definition) is 1. The Morgan fingerprint density at radius 3 is 2.42 bits per heavy atom. The summed E-state index contributed by atoms with van der Waals surface area (Å²) < 4.78 is 6.77. The van der Waals surface area contributed by atoms with Gasteiger partial charge in [0.2, 0.25) is 0 Å². The van der Waals surface area contributed by atoms with Crippen LogP contribution in [0, 0.1) is 0 Å². The number of ether oxygens (including phenoxy) is 1. The van der Waals surface area contributed by atoms with Crippen molar-refractivity contribution in [2.24, 2.45) is 0 Å². The van der Waals surface area contributed by atoms with Crippen LogP contribution in [-0.4, -0.2) is 44.4 Å². The summed E-state index contributed by atoms with van der Waals surface area (Å²) in [6.45, 7) is 3.16. The van der Waals surface area contributed by atoms with Crippen LogP contribution >= 0.6 is 0 Å². The van der Waals surface area contributed by atoms with Crippen LogP contribution in [-0.2, 0) is 4.74 Å². The lowest BCUT2D eigenvalue weighted by molar-refractivity contribution is -0.883. The third kappa shape index (κ3) is 2.76. The van der Waals surface area contributed by atoms with Crippen molar-refractivity contribution in [1.82, 2.24) is 0 Å². The summed E-state index contributed by atoms with van der Waals surface area (Å²) in [5, 5.41) is 0. The summed E-state index contributed by atoms with van der Waals surface area (Å²) in [5.41, 5.74) is 0. The summed E-state index contributed by atoms with van der Waals surface area (Å²) in [4.78, 5) is 0. The molecule has 0 amide bonds. The van der Waals surface area contributed by atoms with Gasteiger partial charge in [-0.2, -0.15) is 0 Å². The minimum atomic E-state index is 0.552. The molecule has 72 valence electrons. The van der Waals surface area contributed by atoms with Crippen molar-refractivity contribution in [1.29, 1.82) is 0 Å². The zero-order valence-corrected chi connectivity index (χ0v) is 8.84. The maximum Gasteiger partial charge on any atom is 0.118 e. The van der Waals surface area contributed by atoms with Crippen LogP contribution in [0.3, 0.4) is 0 Å². The molecule has 1 aliphatic carbocycles. The lowest BCUT2D eigenvalue weighted by Gasteiger charge is -2.24. The highest BCUT2D eigenvalue weighted by atomic mass is 16.5. The molecule has 0 bridgehead atoms. The minimum Gasteiger partial charge on any atom is -0.372 e. The Kier molecular flexibility index (Phi) is 3.13. The van der Waals surface area contributed by atoms with Crippen LogP contribution < -0.4 is 0 Å². The largest absolute Gasteiger partial charge is 0.372 e. The van der Waals surface area contributed by atoms with Gasteiger partial charge in [0.25, 0.3) is 0 Å². The number of rotatable bonds is 5. The maximum absolute atomic E-state index is 5.72. The molecule has 1 rings (SSSR count). The van der Waals surface area contributed by atoms with E-state index in [0.717, 1.165) is 17.1 Å². The molecule has 0 unspecified atom stereocenters. The van der Waals surface area contributed by atoms with Crippen LogP contribution in [0.15, 0.2) is 0 Å². The maximum atomic E-state index is 5.72. The quantitative estimate of drug-likeness (QED) is 0.452. The van der Waals surface area contributed by atoms with E-state index in [1.165, 1.54) is 19.3 Å². The number of nitrogens with zero attached hydrogens (tertiary/aromatic N) is 1. The van der Waals surface area contributed by atoms with Crippen LogP contribution in [0.4, 0.5) is 0 Å². The summed E-state index contributed by atoms with van der Waals surface area (Å²) in [5.74, 6) is 0. The molecule has 0 aromatic heterocycles. The molecular weight excluding hydrogens is 150 g/mol. The van der Waals surface area contributed by atoms with Crippen molar-refractivity contribution in [2.75, 3.05) is 27.7 Å². The van der Waals surface area contributed by atoms with E-state index in [2.05, 4.69) is 28.1 Å². The molecule has 12 heavy (non-hydrogen) atoms. The molecule has 2 nitrogen and oxygen atoms in total. The number of likely N-dealkylation sites (N-methyl/N-ethyl adjacent to an activating group) is 1. The van der Waals surface area contributed by atoms with Crippen LogP contribution in [0.1, 0.15) is 26.2 Å². The van der Waals surface area contributed by atoms with E-state index in [-0.39, 0.29) is 0 Å². The van der Waals surface area contributed by atoms with Gasteiger partial charge in [-0.25, -0.2) is 0 Å².